The van der Waals surface area contributed by atoms with E-state index in [-0.39, 0.29) is 0 Å². The highest BCUT2D eigenvalue weighted by molar-refractivity contribution is 5.79. The molecular weight excluding hydrogens is 280 g/mol. The average molecular weight is 312 g/mol. The first-order chi connectivity index (χ1) is 10.8. The Morgan fingerprint density at radius 1 is 1.36 bits per heavy atom. The van der Waals surface area contributed by atoms with Crippen molar-refractivity contribution < 1.29 is 9.47 Å². The molecule has 0 radical (unpaired) electrons. The van der Waals surface area contributed by atoms with Gasteiger partial charge in [0.1, 0.15) is 0 Å². The molecule has 6 heteroatoms. The third kappa shape index (κ3) is 6.50. The van der Waals surface area contributed by atoms with Gasteiger partial charge in [0.2, 0.25) is 0 Å². The van der Waals surface area contributed by atoms with Crippen LogP contribution in [0.3, 0.4) is 0 Å². The van der Waals surface area contributed by atoms with Gasteiger partial charge in [-0.2, -0.15) is 0 Å². The monoisotopic (exact) mass is 312 g/mol. The molecule has 128 valence electrons. The predicted molar refractivity (Wildman–Crippen MR) is 89.4 cm³/mol. The molecule has 2 rings (SSSR count). The molecule has 2 aliphatic rings. The maximum absolute atomic E-state index is 5.66. The summed E-state index contributed by atoms with van der Waals surface area (Å²) in [6.45, 7) is 6.69. The van der Waals surface area contributed by atoms with Gasteiger partial charge in [-0.1, -0.05) is 0 Å². The number of aliphatic imine (C=N–C) groups is 1. The molecule has 2 aliphatic heterocycles. The molecule has 0 amide bonds. The summed E-state index contributed by atoms with van der Waals surface area (Å²) in [5.74, 6) is 1.63. The lowest BCUT2D eigenvalue weighted by atomic mass is 10.1. The summed E-state index contributed by atoms with van der Waals surface area (Å²) in [5, 5.41) is 6.77. The van der Waals surface area contributed by atoms with Gasteiger partial charge in [-0.05, 0) is 45.2 Å². The van der Waals surface area contributed by atoms with E-state index in [4.69, 9.17) is 9.47 Å². The van der Waals surface area contributed by atoms with Gasteiger partial charge in [-0.3, -0.25) is 4.99 Å². The van der Waals surface area contributed by atoms with Crippen LogP contribution >= 0.6 is 0 Å². The first-order valence-corrected chi connectivity index (χ1v) is 8.60. The topological polar surface area (TPSA) is 58.1 Å². The van der Waals surface area contributed by atoms with Gasteiger partial charge >= 0.3 is 0 Å². The van der Waals surface area contributed by atoms with Gasteiger partial charge in [-0.25, -0.2) is 0 Å². The standard InChI is InChI=1S/C16H32N4O2/c1-17-16(19-11-14-6-8-20(2)12-14)18-7-4-9-21-13-15-5-3-10-22-15/h14-15H,3-13H2,1-2H3,(H2,17,18,19). The molecule has 0 aliphatic carbocycles. The van der Waals surface area contributed by atoms with E-state index in [1.165, 1.54) is 25.9 Å². The predicted octanol–water partition coefficient (Wildman–Crippen LogP) is 0.689. The maximum atomic E-state index is 5.66. The largest absolute Gasteiger partial charge is 0.379 e. The van der Waals surface area contributed by atoms with Crippen LogP contribution in [0.15, 0.2) is 4.99 Å². The van der Waals surface area contributed by atoms with Gasteiger partial charge in [-0.15, -0.1) is 0 Å². The fraction of sp³-hybridized carbons (Fsp3) is 0.938. The minimum absolute atomic E-state index is 0.326. The molecule has 2 heterocycles. The van der Waals surface area contributed by atoms with E-state index in [2.05, 4.69) is 27.6 Å². The molecule has 0 aromatic carbocycles. The molecule has 6 nitrogen and oxygen atoms in total. The van der Waals surface area contributed by atoms with Crippen molar-refractivity contribution in [2.75, 3.05) is 60.1 Å². The number of nitrogens with one attached hydrogen (secondary N) is 2. The summed E-state index contributed by atoms with van der Waals surface area (Å²) >= 11 is 0. The van der Waals surface area contributed by atoms with Gasteiger partial charge in [0, 0.05) is 39.9 Å². The Labute approximate surface area is 134 Å². The molecule has 2 atom stereocenters. The number of hydrogen-bond acceptors (Lipinski definition) is 4. The van der Waals surface area contributed by atoms with Crippen molar-refractivity contribution in [1.82, 2.24) is 15.5 Å². The molecule has 2 saturated heterocycles. The number of ether oxygens (including phenoxy) is 2. The highest BCUT2D eigenvalue weighted by atomic mass is 16.5. The Bertz CT molecular complexity index is 332. The van der Waals surface area contributed by atoms with Gasteiger partial charge in [0.05, 0.1) is 12.7 Å². The Hall–Kier alpha value is -0.850. The summed E-state index contributed by atoms with van der Waals surface area (Å²) in [6, 6.07) is 0. The highest BCUT2D eigenvalue weighted by Gasteiger charge is 2.19. The number of nitrogens with zero attached hydrogens (tertiary/aromatic N) is 2. The lowest BCUT2D eigenvalue weighted by molar-refractivity contribution is 0.0168. The van der Waals surface area contributed by atoms with E-state index in [0.29, 0.717) is 6.10 Å². The van der Waals surface area contributed by atoms with Crippen molar-refractivity contribution in [1.29, 1.82) is 0 Å². The van der Waals surface area contributed by atoms with Crippen LogP contribution in [0, 0.1) is 5.92 Å². The molecule has 0 saturated carbocycles. The van der Waals surface area contributed by atoms with Crippen LogP contribution in [0.5, 0.6) is 0 Å². The van der Waals surface area contributed by atoms with Crippen molar-refractivity contribution in [3.05, 3.63) is 0 Å². The molecular formula is C16H32N4O2. The normalized spacial score (nSPS) is 26.5. The van der Waals surface area contributed by atoms with Crippen molar-refractivity contribution >= 4 is 5.96 Å². The Balaban J connectivity index is 1.45. The molecule has 0 bridgehead atoms. The Kier molecular flexibility index (Phi) is 7.98. The van der Waals surface area contributed by atoms with E-state index >= 15 is 0 Å². The van der Waals surface area contributed by atoms with E-state index in [9.17, 15) is 0 Å². The molecule has 0 aromatic rings. The smallest absolute Gasteiger partial charge is 0.190 e. The zero-order valence-corrected chi connectivity index (χ0v) is 14.1. The van der Waals surface area contributed by atoms with Crippen LogP contribution in [0.25, 0.3) is 0 Å². The summed E-state index contributed by atoms with van der Waals surface area (Å²) in [4.78, 5) is 6.65. The van der Waals surface area contributed by atoms with Crippen molar-refractivity contribution in [3.8, 4) is 0 Å². The van der Waals surface area contributed by atoms with Crippen molar-refractivity contribution in [2.45, 2.75) is 31.8 Å². The minimum atomic E-state index is 0.326. The second kappa shape index (κ2) is 10.0. The van der Waals surface area contributed by atoms with Crippen LogP contribution in [0.4, 0.5) is 0 Å². The van der Waals surface area contributed by atoms with Crippen LogP contribution in [0.2, 0.25) is 0 Å². The minimum Gasteiger partial charge on any atom is -0.379 e. The molecule has 2 unspecified atom stereocenters. The first-order valence-electron chi connectivity index (χ1n) is 8.60. The van der Waals surface area contributed by atoms with Crippen LogP contribution in [-0.2, 0) is 9.47 Å². The number of guanidine groups is 1. The van der Waals surface area contributed by atoms with Gasteiger partial charge in [0.25, 0.3) is 0 Å². The van der Waals surface area contributed by atoms with Gasteiger partial charge in [0.15, 0.2) is 5.96 Å². The van der Waals surface area contributed by atoms with Crippen LogP contribution < -0.4 is 10.6 Å². The number of likely N-dealkylation sites (tertiary alicyclic amines) is 1. The zero-order chi connectivity index (χ0) is 15.6. The third-order valence-electron chi connectivity index (χ3n) is 4.36. The molecule has 2 N–H and O–H groups in total. The quantitative estimate of drug-likeness (QED) is 0.392. The number of hydrogen-bond donors (Lipinski definition) is 2. The maximum Gasteiger partial charge on any atom is 0.190 e. The summed E-state index contributed by atoms with van der Waals surface area (Å²) in [5.41, 5.74) is 0. The fourth-order valence-corrected chi connectivity index (χ4v) is 3.03. The van der Waals surface area contributed by atoms with E-state index < -0.39 is 0 Å². The summed E-state index contributed by atoms with van der Waals surface area (Å²) < 4.78 is 11.2. The van der Waals surface area contributed by atoms with Crippen LogP contribution in [-0.4, -0.2) is 77.1 Å². The molecule has 22 heavy (non-hydrogen) atoms. The fourth-order valence-electron chi connectivity index (χ4n) is 3.03. The Morgan fingerprint density at radius 3 is 2.95 bits per heavy atom. The third-order valence-corrected chi connectivity index (χ3v) is 4.36. The second-order valence-electron chi connectivity index (χ2n) is 6.36. The molecule has 0 aromatic heterocycles. The van der Waals surface area contributed by atoms with E-state index in [0.717, 1.165) is 57.6 Å². The second-order valence-corrected chi connectivity index (χ2v) is 6.36. The van der Waals surface area contributed by atoms with E-state index in [1.54, 1.807) is 0 Å². The van der Waals surface area contributed by atoms with E-state index in [1.807, 2.05) is 7.05 Å². The lowest BCUT2D eigenvalue weighted by Crippen LogP contribution is -2.40. The number of rotatable bonds is 8. The van der Waals surface area contributed by atoms with Crippen LogP contribution in [0.1, 0.15) is 25.7 Å². The van der Waals surface area contributed by atoms with Crippen molar-refractivity contribution in [3.63, 3.8) is 0 Å². The van der Waals surface area contributed by atoms with Crippen molar-refractivity contribution in [2.24, 2.45) is 10.9 Å². The summed E-state index contributed by atoms with van der Waals surface area (Å²) in [6.07, 6.45) is 4.91. The average Bonchev–Trinajstić information content (AvgIpc) is 3.17. The molecule has 0 spiro atoms. The molecule has 2 fully saturated rings. The lowest BCUT2D eigenvalue weighted by Gasteiger charge is -2.15. The SMILES string of the molecule is CN=C(NCCCOCC1CCCO1)NCC1CCN(C)C1. The Morgan fingerprint density at radius 2 is 2.27 bits per heavy atom. The zero-order valence-electron chi connectivity index (χ0n) is 14.1. The first kappa shape index (κ1) is 17.5. The van der Waals surface area contributed by atoms with Gasteiger partial charge < -0.3 is 25.0 Å². The summed E-state index contributed by atoms with van der Waals surface area (Å²) in [7, 11) is 4.01. The highest BCUT2D eigenvalue weighted by Crippen LogP contribution is 2.13.